The van der Waals surface area contributed by atoms with Gasteiger partial charge in [-0.25, -0.2) is 13.4 Å². The topological polar surface area (TPSA) is 140 Å². The van der Waals surface area contributed by atoms with E-state index in [1.54, 1.807) is 30.3 Å². The van der Waals surface area contributed by atoms with Crippen molar-refractivity contribution >= 4 is 32.5 Å². The minimum absolute atomic E-state index is 0.0490. The van der Waals surface area contributed by atoms with Gasteiger partial charge in [0.15, 0.2) is 9.84 Å². The highest BCUT2D eigenvalue weighted by atomic mass is 32.3. The molecule has 0 spiro atoms. The highest BCUT2D eigenvalue weighted by Gasteiger charge is 2.41. The molecule has 0 radical (unpaired) electrons. The Bertz CT molecular complexity index is 1310. The average Bonchev–Trinajstić information content (AvgIpc) is 3.15. The molecule has 9 nitrogen and oxygen atoms in total. The van der Waals surface area contributed by atoms with E-state index in [4.69, 9.17) is 5.73 Å². The van der Waals surface area contributed by atoms with Gasteiger partial charge >= 0.3 is 6.18 Å². The van der Waals surface area contributed by atoms with Gasteiger partial charge < -0.3 is 10.6 Å². The summed E-state index contributed by atoms with van der Waals surface area (Å²) >= 11 is 0. The van der Waals surface area contributed by atoms with E-state index in [-0.39, 0.29) is 17.2 Å². The van der Waals surface area contributed by atoms with E-state index in [1.807, 2.05) is 0 Å². The molecule has 36 heavy (non-hydrogen) atoms. The van der Waals surface area contributed by atoms with Crippen molar-refractivity contribution in [1.82, 2.24) is 10.6 Å². The van der Waals surface area contributed by atoms with Crippen molar-refractivity contribution in [3.8, 4) is 0 Å². The van der Waals surface area contributed by atoms with Crippen molar-refractivity contribution in [2.45, 2.75) is 29.8 Å². The van der Waals surface area contributed by atoms with E-state index in [1.165, 1.54) is 22.5 Å². The first-order chi connectivity index (χ1) is 16.7. The summed E-state index contributed by atoms with van der Waals surface area (Å²) < 4.78 is 86.5. The Morgan fingerprint density at radius 3 is 2.50 bits per heavy atom. The zero-order chi connectivity index (χ0) is 26.4. The number of allylic oxidation sites excluding steroid dienone is 1. The maximum atomic E-state index is 13.7. The molecular formula is C22H26F3N5O4S2. The molecule has 2 aliphatic heterocycles. The van der Waals surface area contributed by atoms with Crippen LogP contribution in [0.3, 0.4) is 0 Å². The third kappa shape index (κ3) is 5.47. The molecule has 0 amide bonds. The molecule has 1 fully saturated rings. The molecule has 2 aliphatic rings. The molecule has 2 aromatic carbocycles. The van der Waals surface area contributed by atoms with Crippen molar-refractivity contribution < 1.29 is 30.7 Å². The quantitative estimate of drug-likeness (QED) is 0.373. The van der Waals surface area contributed by atoms with Crippen molar-refractivity contribution in [3.05, 3.63) is 71.1 Å². The number of nitrogens with zero attached hydrogens (tertiary/aromatic N) is 2. The van der Waals surface area contributed by atoms with E-state index in [2.05, 4.69) is 15.6 Å². The first kappa shape index (κ1) is 26.3. The third-order valence-electron chi connectivity index (χ3n) is 5.81. The van der Waals surface area contributed by atoms with E-state index < -0.39 is 44.0 Å². The van der Waals surface area contributed by atoms with Gasteiger partial charge in [-0.1, -0.05) is 24.3 Å². The van der Waals surface area contributed by atoms with E-state index in [0.717, 1.165) is 6.26 Å². The Morgan fingerprint density at radius 2 is 1.92 bits per heavy atom. The molecule has 6 N–H and O–H groups in total. The molecule has 0 aliphatic carbocycles. The molecule has 1 saturated heterocycles. The van der Waals surface area contributed by atoms with Crippen LogP contribution in [-0.2, 0) is 22.2 Å². The Hall–Kier alpha value is -2.78. The summed E-state index contributed by atoms with van der Waals surface area (Å²) in [6.45, 7) is 0.360. The molecule has 0 saturated carbocycles. The van der Waals surface area contributed by atoms with Crippen molar-refractivity contribution in [2.75, 3.05) is 22.9 Å². The molecule has 1 unspecified atom stereocenters. The number of aliphatic imine (C=N–C) groups is 1. The molecule has 2 heterocycles. The molecule has 0 bridgehead atoms. The van der Waals surface area contributed by atoms with Crippen LogP contribution >= 0.6 is 10.8 Å². The van der Waals surface area contributed by atoms with Gasteiger partial charge in [-0.05, 0) is 36.2 Å². The first-order valence-electron chi connectivity index (χ1n) is 10.8. The lowest BCUT2D eigenvalue weighted by Crippen LogP contribution is -2.54. The lowest BCUT2D eigenvalue weighted by Gasteiger charge is -2.38. The monoisotopic (exact) mass is 545 g/mol. The van der Waals surface area contributed by atoms with Crippen LogP contribution in [0, 0.1) is 0 Å². The molecular weight excluding hydrogens is 519 g/mol. The van der Waals surface area contributed by atoms with Crippen LogP contribution in [0.5, 0.6) is 0 Å². The first-order valence-corrected chi connectivity index (χ1v) is 14.4. The van der Waals surface area contributed by atoms with Crippen LogP contribution in [0.25, 0.3) is 0 Å². The summed E-state index contributed by atoms with van der Waals surface area (Å²) in [5, 5.41) is 5.30. The smallest absolute Gasteiger partial charge is 0.367 e. The van der Waals surface area contributed by atoms with Crippen LogP contribution in [0.1, 0.15) is 17.5 Å². The summed E-state index contributed by atoms with van der Waals surface area (Å²) in [5.41, 5.74) is 6.63. The molecule has 1 atom stereocenters. The number of sulfone groups is 1. The van der Waals surface area contributed by atoms with Crippen LogP contribution in [0.15, 0.2) is 69.8 Å². The zero-order valence-electron chi connectivity index (χ0n) is 19.2. The number of anilines is 1. The summed E-state index contributed by atoms with van der Waals surface area (Å²) in [6.07, 6.45) is -2.41. The molecule has 196 valence electrons. The van der Waals surface area contributed by atoms with Crippen molar-refractivity contribution in [1.29, 1.82) is 0 Å². The molecule has 4 rings (SSSR count). The highest BCUT2D eigenvalue weighted by molar-refractivity contribution is 8.25. The summed E-state index contributed by atoms with van der Waals surface area (Å²) in [4.78, 5) is 3.97. The maximum Gasteiger partial charge on any atom is 0.421 e. The Morgan fingerprint density at radius 1 is 1.22 bits per heavy atom. The van der Waals surface area contributed by atoms with Crippen LogP contribution in [0.2, 0.25) is 0 Å². The van der Waals surface area contributed by atoms with Gasteiger partial charge in [-0.15, -0.1) is 10.8 Å². The minimum atomic E-state index is -4.73. The second-order valence-corrected chi connectivity index (χ2v) is 12.7. The van der Waals surface area contributed by atoms with Gasteiger partial charge in [0.25, 0.3) is 0 Å². The van der Waals surface area contributed by atoms with Crippen LogP contribution in [0.4, 0.5) is 18.9 Å². The van der Waals surface area contributed by atoms with E-state index >= 15 is 0 Å². The Labute approximate surface area is 208 Å². The standard InChI is InChI=1S/C22H26F3N5O4S2/c1-35(31,32)18-5-2-4-15(12-18)13-27-20-19(21(23,24)25)14-28-22(26,29-20)16-6-8-17(9-7-16)30-10-3-11-36(30,33)34/h2,4-9,12,14,27,29,33-34H,3,10-11,13,26H2,1H3. The second-order valence-electron chi connectivity index (χ2n) is 8.55. The van der Waals surface area contributed by atoms with Gasteiger partial charge in [-0.2, -0.15) is 13.2 Å². The third-order valence-corrected chi connectivity index (χ3v) is 8.86. The number of hydrogen-bond donors (Lipinski definition) is 5. The molecule has 2 aromatic rings. The fraction of sp³-hybridized carbons (Fsp3) is 0.318. The fourth-order valence-corrected chi connectivity index (χ4v) is 6.25. The van der Waals surface area contributed by atoms with Crippen LogP contribution in [-0.4, -0.2) is 48.5 Å². The predicted octanol–water partition coefficient (Wildman–Crippen LogP) is 3.27. The number of halogens is 3. The highest BCUT2D eigenvalue weighted by Crippen LogP contribution is 2.51. The maximum absolute atomic E-state index is 13.7. The molecule has 0 aromatic heterocycles. The van der Waals surface area contributed by atoms with Gasteiger partial charge in [0.05, 0.1) is 16.3 Å². The van der Waals surface area contributed by atoms with E-state index in [9.17, 15) is 30.7 Å². The van der Waals surface area contributed by atoms with Gasteiger partial charge in [-0.3, -0.25) is 19.1 Å². The lowest BCUT2D eigenvalue weighted by molar-refractivity contribution is -0.0876. The summed E-state index contributed by atoms with van der Waals surface area (Å²) in [5.74, 6) is -1.88. The van der Waals surface area contributed by atoms with Gasteiger partial charge in [0.2, 0.25) is 5.79 Å². The van der Waals surface area contributed by atoms with Crippen molar-refractivity contribution in [3.63, 3.8) is 0 Å². The van der Waals surface area contributed by atoms with E-state index in [0.29, 0.717) is 36.0 Å². The number of hydrogen-bond acceptors (Lipinski definition) is 9. The number of nitrogens with one attached hydrogen (secondary N) is 2. The normalized spacial score (nSPS) is 22.9. The number of alkyl halides is 3. The summed E-state index contributed by atoms with van der Waals surface area (Å²) in [7, 11) is -6.38. The number of benzene rings is 2. The van der Waals surface area contributed by atoms with Gasteiger partial charge in [0, 0.05) is 31.1 Å². The average molecular weight is 546 g/mol. The summed E-state index contributed by atoms with van der Waals surface area (Å²) in [6, 6.07) is 12.2. The Balaban J connectivity index is 1.58. The van der Waals surface area contributed by atoms with Gasteiger partial charge in [0.1, 0.15) is 11.4 Å². The number of nitrogens with two attached hydrogens (primary N) is 1. The zero-order valence-corrected chi connectivity index (χ0v) is 20.8. The SMILES string of the molecule is CS(=O)(=O)c1cccc(CNC2=C(C(F)(F)F)C=NC(N)(c3ccc(N4CCCS4(O)O)cc3)N2)c1. The second kappa shape index (κ2) is 9.27. The largest absolute Gasteiger partial charge is 0.421 e. The van der Waals surface area contributed by atoms with Crippen molar-refractivity contribution in [2.24, 2.45) is 10.7 Å². The predicted molar refractivity (Wildman–Crippen MR) is 133 cm³/mol. The minimum Gasteiger partial charge on any atom is -0.367 e. The number of rotatable bonds is 6. The lowest BCUT2D eigenvalue weighted by atomic mass is 10.1. The fourth-order valence-electron chi connectivity index (χ4n) is 3.94. The van der Waals surface area contributed by atoms with Crippen LogP contribution < -0.4 is 20.7 Å². The Kier molecular flexibility index (Phi) is 6.77. The molecule has 14 heteroatoms.